The van der Waals surface area contributed by atoms with Gasteiger partial charge >= 0.3 is 0 Å². The highest BCUT2D eigenvalue weighted by atomic mass is 16.5. The molecule has 0 atom stereocenters. The Balaban J connectivity index is 1.41. The van der Waals surface area contributed by atoms with Gasteiger partial charge in [0.05, 0.1) is 30.8 Å². The quantitative estimate of drug-likeness (QED) is 0.478. The highest BCUT2D eigenvalue weighted by molar-refractivity contribution is 6.06. The lowest BCUT2D eigenvalue weighted by Gasteiger charge is -2.11. The molecule has 31 heavy (non-hydrogen) atoms. The predicted molar refractivity (Wildman–Crippen MR) is 122 cm³/mol. The van der Waals surface area contributed by atoms with Crippen molar-refractivity contribution in [2.75, 3.05) is 19.5 Å². The van der Waals surface area contributed by atoms with Crippen molar-refractivity contribution in [1.82, 2.24) is 9.55 Å². The summed E-state index contributed by atoms with van der Waals surface area (Å²) in [6.07, 6.45) is 1.72. The van der Waals surface area contributed by atoms with Gasteiger partial charge in [0, 0.05) is 25.2 Å². The van der Waals surface area contributed by atoms with Crippen molar-refractivity contribution in [3.8, 4) is 11.5 Å². The molecule has 158 valence electrons. The topological polar surface area (TPSA) is 65.4 Å². The zero-order valence-electron chi connectivity index (χ0n) is 17.9. The summed E-state index contributed by atoms with van der Waals surface area (Å²) >= 11 is 0. The van der Waals surface area contributed by atoms with E-state index < -0.39 is 0 Å². The molecular formula is C25H25N3O3. The Kier molecular flexibility index (Phi) is 5.89. The average Bonchev–Trinajstić information content (AvgIpc) is 3.13. The molecule has 6 heteroatoms. The summed E-state index contributed by atoms with van der Waals surface area (Å²) in [6.45, 7) is 0. The number of hydrogen-bond donors (Lipinski definition) is 1. The molecule has 6 nitrogen and oxygen atoms in total. The number of para-hydroxylation sites is 2. The van der Waals surface area contributed by atoms with Crippen LogP contribution in [0.15, 0.2) is 66.7 Å². The summed E-state index contributed by atoms with van der Waals surface area (Å²) in [7, 11) is 5.16. The summed E-state index contributed by atoms with van der Waals surface area (Å²) in [5, 5.41) is 2.92. The van der Waals surface area contributed by atoms with Gasteiger partial charge in [0.1, 0.15) is 17.3 Å². The summed E-state index contributed by atoms with van der Waals surface area (Å²) < 4.78 is 12.7. The van der Waals surface area contributed by atoms with Gasteiger partial charge in [-0.15, -0.1) is 0 Å². The summed E-state index contributed by atoms with van der Waals surface area (Å²) in [6, 6.07) is 21.2. The second-order valence-electron chi connectivity index (χ2n) is 7.29. The molecule has 4 rings (SSSR count). The number of nitrogens with zero attached hydrogens (tertiary/aromatic N) is 2. The van der Waals surface area contributed by atoms with E-state index in [0.29, 0.717) is 17.1 Å². The number of benzene rings is 3. The number of rotatable bonds is 7. The van der Waals surface area contributed by atoms with Gasteiger partial charge in [-0.25, -0.2) is 4.98 Å². The fraction of sp³-hybridized carbons (Fsp3) is 0.200. The Morgan fingerprint density at radius 3 is 2.45 bits per heavy atom. The third-order valence-corrected chi connectivity index (χ3v) is 5.38. The van der Waals surface area contributed by atoms with E-state index in [1.807, 2.05) is 42.5 Å². The van der Waals surface area contributed by atoms with Crippen molar-refractivity contribution < 1.29 is 14.3 Å². The summed E-state index contributed by atoms with van der Waals surface area (Å²) in [5.74, 6) is 1.94. The maximum atomic E-state index is 12.7. The van der Waals surface area contributed by atoms with Gasteiger partial charge in [-0.2, -0.15) is 0 Å². The second-order valence-corrected chi connectivity index (χ2v) is 7.29. The number of methoxy groups -OCH3 is 2. The Bertz CT molecular complexity index is 1210. The summed E-state index contributed by atoms with van der Waals surface area (Å²) in [4.78, 5) is 17.4. The fourth-order valence-electron chi connectivity index (χ4n) is 3.61. The number of fused-ring (bicyclic) bond motifs is 1. The van der Waals surface area contributed by atoms with Crippen molar-refractivity contribution in [2.24, 2.45) is 7.05 Å². The first-order valence-corrected chi connectivity index (χ1v) is 10.1. The lowest BCUT2D eigenvalue weighted by molar-refractivity contribution is 0.102. The standard InChI is InChI=1S/C25H25N3O3/c1-28-22-7-5-4-6-21(22)27-24(28)15-10-17-8-11-18(12-9-17)26-25(29)20-14-13-19(30-2)16-23(20)31-3/h4-9,11-14,16H,10,15H2,1-3H3,(H,26,29). The first-order chi connectivity index (χ1) is 15.1. The van der Waals surface area contributed by atoms with Crippen molar-refractivity contribution in [2.45, 2.75) is 12.8 Å². The van der Waals surface area contributed by atoms with Gasteiger partial charge in [-0.05, 0) is 48.4 Å². The van der Waals surface area contributed by atoms with Crippen molar-refractivity contribution >= 4 is 22.6 Å². The first kappa shape index (κ1) is 20.5. The Labute approximate surface area is 181 Å². The molecule has 1 amide bonds. The predicted octanol–water partition coefficient (Wildman–Crippen LogP) is 4.63. The molecule has 0 aliphatic heterocycles. The van der Waals surface area contributed by atoms with Crippen LogP contribution in [0.1, 0.15) is 21.7 Å². The zero-order chi connectivity index (χ0) is 21.8. The van der Waals surface area contributed by atoms with E-state index >= 15 is 0 Å². The minimum Gasteiger partial charge on any atom is -0.497 e. The van der Waals surface area contributed by atoms with Gasteiger partial charge in [-0.3, -0.25) is 4.79 Å². The third-order valence-electron chi connectivity index (χ3n) is 5.38. The highest BCUT2D eigenvalue weighted by Gasteiger charge is 2.14. The molecule has 1 N–H and O–H groups in total. The molecule has 1 heterocycles. The molecule has 0 radical (unpaired) electrons. The van der Waals surface area contributed by atoms with Gasteiger partial charge in [0.15, 0.2) is 0 Å². The third kappa shape index (κ3) is 4.38. The maximum absolute atomic E-state index is 12.7. The number of amides is 1. The smallest absolute Gasteiger partial charge is 0.259 e. The number of nitrogens with one attached hydrogen (secondary N) is 1. The van der Waals surface area contributed by atoms with Crippen LogP contribution in [0.5, 0.6) is 11.5 Å². The van der Waals surface area contributed by atoms with Gasteiger partial charge in [0.25, 0.3) is 5.91 Å². The summed E-state index contributed by atoms with van der Waals surface area (Å²) in [5.41, 5.74) is 4.53. The lowest BCUT2D eigenvalue weighted by Crippen LogP contribution is -2.13. The molecule has 0 saturated heterocycles. The van der Waals surface area contributed by atoms with E-state index in [2.05, 4.69) is 23.0 Å². The monoisotopic (exact) mass is 415 g/mol. The molecule has 0 bridgehead atoms. The normalized spacial score (nSPS) is 10.8. The Morgan fingerprint density at radius 2 is 1.74 bits per heavy atom. The Hall–Kier alpha value is -3.80. The lowest BCUT2D eigenvalue weighted by atomic mass is 10.1. The number of aromatic nitrogens is 2. The molecule has 0 unspecified atom stereocenters. The number of anilines is 1. The van der Waals surface area contributed by atoms with E-state index in [9.17, 15) is 4.79 Å². The van der Waals surface area contributed by atoms with Crippen LogP contribution in [-0.4, -0.2) is 29.7 Å². The maximum Gasteiger partial charge on any atom is 0.259 e. The van der Waals surface area contributed by atoms with Crippen LogP contribution in [0.3, 0.4) is 0 Å². The minimum atomic E-state index is -0.230. The molecule has 0 spiro atoms. The van der Waals surface area contributed by atoms with E-state index in [0.717, 1.165) is 35.4 Å². The zero-order valence-corrected chi connectivity index (χ0v) is 17.9. The highest BCUT2D eigenvalue weighted by Crippen LogP contribution is 2.25. The average molecular weight is 415 g/mol. The van der Waals surface area contributed by atoms with E-state index in [4.69, 9.17) is 14.5 Å². The van der Waals surface area contributed by atoms with Gasteiger partial charge in [-0.1, -0.05) is 24.3 Å². The van der Waals surface area contributed by atoms with E-state index in [1.54, 1.807) is 25.3 Å². The molecule has 0 aliphatic carbocycles. The second kappa shape index (κ2) is 8.92. The number of carbonyl (C=O) groups excluding carboxylic acids is 1. The number of carbonyl (C=O) groups is 1. The van der Waals surface area contributed by atoms with Crippen molar-refractivity contribution in [3.63, 3.8) is 0 Å². The van der Waals surface area contributed by atoms with Crippen LogP contribution < -0.4 is 14.8 Å². The first-order valence-electron chi connectivity index (χ1n) is 10.1. The molecule has 0 aliphatic rings. The molecule has 3 aromatic carbocycles. The van der Waals surface area contributed by atoms with Gasteiger partial charge < -0.3 is 19.4 Å². The van der Waals surface area contributed by atoms with Crippen LogP contribution in [0.25, 0.3) is 11.0 Å². The molecule has 1 aromatic heterocycles. The molecule has 0 fully saturated rings. The Morgan fingerprint density at radius 1 is 0.968 bits per heavy atom. The van der Waals surface area contributed by atoms with Crippen molar-refractivity contribution in [1.29, 1.82) is 0 Å². The van der Waals surface area contributed by atoms with Crippen LogP contribution in [-0.2, 0) is 19.9 Å². The van der Waals surface area contributed by atoms with Crippen LogP contribution >= 0.6 is 0 Å². The van der Waals surface area contributed by atoms with E-state index in [1.165, 1.54) is 12.7 Å². The van der Waals surface area contributed by atoms with Crippen LogP contribution in [0.4, 0.5) is 5.69 Å². The number of imidazole rings is 1. The van der Waals surface area contributed by atoms with E-state index in [-0.39, 0.29) is 5.91 Å². The fourth-order valence-corrected chi connectivity index (χ4v) is 3.61. The number of aryl methyl sites for hydroxylation is 3. The van der Waals surface area contributed by atoms with Crippen LogP contribution in [0.2, 0.25) is 0 Å². The SMILES string of the molecule is COc1ccc(C(=O)Nc2ccc(CCc3nc4ccccc4n3C)cc2)c(OC)c1. The molecule has 0 saturated carbocycles. The largest absolute Gasteiger partial charge is 0.497 e. The minimum absolute atomic E-state index is 0.230. The number of ether oxygens (including phenoxy) is 2. The van der Waals surface area contributed by atoms with Gasteiger partial charge in [0.2, 0.25) is 0 Å². The molecule has 4 aromatic rings. The van der Waals surface area contributed by atoms with Crippen molar-refractivity contribution in [3.05, 3.63) is 83.7 Å². The molecular weight excluding hydrogens is 390 g/mol. The number of hydrogen-bond acceptors (Lipinski definition) is 4. The van der Waals surface area contributed by atoms with Crippen LogP contribution in [0, 0.1) is 0 Å².